The molecule has 0 bridgehead atoms. The molecule has 2 N–H and O–H groups in total. The molecule has 0 aliphatic rings. The maximum atomic E-state index is 12.3. The van der Waals surface area contributed by atoms with Crippen molar-refractivity contribution in [3.8, 4) is 5.75 Å². The zero-order valence-corrected chi connectivity index (χ0v) is 17.6. The lowest BCUT2D eigenvalue weighted by atomic mass is 10.1. The van der Waals surface area contributed by atoms with E-state index in [2.05, 4.69) is 15.2 Å². The van der Waals surface area contributed by atoms with Crippen molar-refractivity contribution in [3.05, 3.63) is 30.0 Å². The van der Waals surface area contributed by atoms with Gasteiger partial charge in [-0.15, -0.1) is 0 Å². The van der Waals surface area contributed by atoms with Crippen LogP contribution in [0.2, 0.25) is 0 Å². The van der Waals surface area contributed by atoms with Crippen LogP contribution in [-0.4, -0.2) is 54.7 Å². The molecule has 0 saturated carbocycles. The Morgan fingerprint density at radius 2 is 1.96 bits per heavy atom. The van der Waals surface area contributed by atoms with E-state index in [4.69, 9.17) is 9.47 Å². The Balaban J connectivity index is 2.04. The number of carbonyl (C=O) groups excluding carboxylic acids is 2. The lowest BCUT2D eigenvalue weighted by Gasteiger charge is -2.26. The first-order valence-electron chi connectivity index (χ1n) is 9.51. The van der Waals surface area contributed by atoms with Gasteiger partial charge in [0.2, 0.25) is 0 Å². The fraction of sp³-hybridized carbons (Fsp3) is 0.524. The number of likely N-dealkylation sites (N-methyl/N-ethyl adjacent to an activating group) is 1. The smallest absolute Gasteiger partial charge is 0.412 e. The number of benzene rings is 1. The van der Waals surface area contributed by atoms with Crippen molar-refractivity contribution in [2.24, 2.45) is 5.92 Å². The predicted octanol–water partition coefficient (Wildman–Crippen LogP) is 3.34. The van der Waals surface area contributed by atoms with Gasteiger partial charge in [0, 0.05) is 23.6 Å². The van der Waals surface area contributed by atoms with Crippen molar-refractivity contribution in [3.63, 3.8) is 0 Å². The fourth-order valence-electron chi connectivity index (χ4n) is 2.69. The normalized spacial score (nSPS) is 11.9. The lowest BCUT2D eigenvalue weighted by molar-refractivity contribution is -0.159. The second-order valence-corrected chi connectivity index (χ2v) is 8.12. The van der Waals surface area contributed by atoms with Crippen LogP contribution in [0.3, 0.4) is 0 Å². The van der Waals surface area contributed by atoms with Crippen molar-refractivity contribution < 1.29 is 19.1 Å². The molecule has 7 nitrogen and oxygen atoms in total. The minimum absolute atomic E-state index is 0.154. The molecule has 0 saturated heterocycles. The number of carbonyl (C=O) groups is 2. The number of ether oxygens (including phenoxy) is 2. The zero-order chi connectivity index (χ0) is 20.9. The first kappa shape index (κ1) is 21.8. The largest absolute Gasteiger partial charge is 0.458 e. The van der Waals surface area contributed by atoms with Crippen LogP contribution >= 0.6 is 0 Å². The minimum atomic E-state index is -0.822. The maximum absolute atomic E-state index is 12.3. The van der Waals surface area contributed by atoms with Crippen LogP contribution in [0.4, 0.5) is 4.79 Å². The Labute approximate surface area is 166 Å². The van der Waals surface area contributed by atoms with E-state index < -0.39 is 11.7 Å². The molecule has 1 amide bonds. The highest BCUT2D eigenvalue weighted by atomic mass is 16.6. The van der Waals surface area contributed by atoms with Crippen LogP contribution in [0, 0.1) is 5.92 Å². The minimum Gasteiger partial charge on any atom is -0.458 e. The third kappa shape index (κ3) is 5.99. The van der Waals surface area contributed by atoms with Gasteiger partial charge in [0.25, 0.3) is 0 Å². The highest BCUT2D eigenvalue weighted by Gasteiger charge is 2.25. The molecular weight excluding hydrogens is 358 g/mol. The van der Waals surface area contributed by atoms with Crippen molar-refractivity contribution in [1.82, 2.24) is 15.2 Å². The summed E-state index contributed by atoms with van der Waals surface area (Å²) in [7, 11) is 4.04. The number of fused-ring (bicyclic) bond motifs is 1. The second-order valence-electron chi connectivity index (χ2n) is 8.12. The number of nitrogens with zero attached hydrogens (tertiary/aromatic N) is 1. The Kier molecular flexibility index (Phi) is 7.07. The number of hydrogen-bond acceptors (Lipinski definition) is 5. The third-order valence-electron chi connectivity index (χ3n) is 4.29. The molecule has 0 aliphatic heterocycles. The average Bonchev–Trinajstić information content (AvgIpc) is 3.02. The number of amides is 1. The van der Waals surface area contributed by atoms with Crippen molar-refractivity contribution in [2.75, 3.05) is 27.2 Å². The van der Waals surface area contributed by atoms with Gasteiger partial charge in [-0.1, -0.05) is 19.9 Å². The van der Waals surface area contributed by atoms with Gasteiger partial charge in [-0.05, 0) is 52.1 Å². The zero-order valence-electron chi connectivity index (χ0n) is 17.6. The van der Waals surface area contributed by atoms with Crippen LogP contribution in [0.5, 0.6) is 5.75 Å². The van der Waals surface area contributed by atoms with E-state index in [1.54, 1.807) is 33.8 Å². The van der Waals surface area contributed by atoms with Crippen molar-refractivity contribution in [2.45, 2.75) is 39.7 Å². The molecule has 0 atom stereocenters. The highest BCUT2D eigenvalue weighted by Crippen LogP contribution is 2.29. The molecule has 0 spiro atoms. The number of esters is 1. The highest BCUT2D eigenvalue weighted by molar-refractivity contribution is 5.91. The van der Waals surface area contributed by atoms with E-state index in [0.29, 0.717) is 5.75 Å². The van der Waals surface area contributed by atoms with Crippen LogP contribution < -0.4 is 10.1 Å². The summed E-state index contributed by atoms with van der Waals surface area (Å²) < 4.78 is 11.0. The number of aromatic nitrogens is 1. The molecule has 0 radical (unpaired) electrons. The number of rotatable bonds is 8. The van der Waals surface area contributed by atoms with E-state index in [0.717, 1.165) is 29.4 Å². The molecule has 28 heavy (non-hydrogen) atoms. The SMILES string of the molecule is CC(C)C(=O)OC(C)(C)CNC(=O)Oc1cccc2[nH]cc(CCN(C)C)c12. The van der Waals surface area contributed by atoms with Gasteiger partial charge in [-0.2, -0.15) is 0 Å². The second kappa shape index (κ2) is 9.10. The van der Waals surface area contributed by atoms with E-state index in [1.165, 1.54) is 0 Å². The third-order valence-corrected chi connectivity index (χ3v) is 4.29. The molecule has 1 aromatic heterocycles. The molecule has 7 heteroatoms. The number of nitrogens with one attached hydrogen (secondary N) is 2. The molecule has 2 aromatic rings. The summed E-state index contributed by atoms with van der Waals surface area (Å²) in [5.41, 5.74) is 1.20. The van der Waals surface area contributed by atoms with Crippen molar-refractivity contribution >= 4 is 23.0 Å². The number of hydrogen-bond donors (Lipinski definition) is 2. The summed E-state index contributed by atoms with van der Waals surface area (Å²) >= 11 is 0. The van der Waals surface area contributed by atoms with Gasteiger partial charge in [0.05, 0.1) is 12.5 Å². The number of aromatic amines is 1. The summed E-state index contributed by atoms with van der Waals surface area (Å²) in [6.45, 7) is 8.08. The maximum Gasteiger partial charge on any atom is 0.412 e. The molecule has 154 valence electrons. The number of H-pyrrole nitrogens is 1. The average molecular weight is 389 g/mol. The Morgan fingerprint density at radius 1 is 1.25 bits per heavy atom. The van der Waals surface area contributed by atoms with E-state index >= 15 is 0 Å². The van der Waals surface area contributed by atoms with Gasteiger partial charge in [0.1, 0.15) is 11.4 Å². The summed E-state index contributed by atoms with van der Waals surface area (Å²) in [6, 6.07) is 5.57. The molecule has 2 rings (SSSR count). The van der Waals surface area contributed by atoms with Gasteiger partial charge >= 0.3 is 12.1 Å². The summed E-state index contributed by atoms with van der Waals surface area (Å²) in [5, 5.41) is 3.59. The quantitative estimate of drug-likeness (QED) is 0.677. The van der Waals surface area contributed by atoms with E-state index in [9.17, 15) is 9.59 Å². The van der Waals surface area contributed by atoms with Crippen LogP contribution in [0.15, 0.2) is 24.4 Å². The first-order valence-corrected chi connectivity index (χ1v) is 9.51. The molecule has 1 aromatic carbocycles. The molecule has 0 aliphatic carbocycles. The monoisotopic (exact) mass is 389 g/mol. The Morgan fingerprint density at radius 3 is 2.61 bits per heavy atom. The van der Waals surface area contributed by atoms with Crippen LogP contribution in [0.25, 0.3) is 10.9 Å². The van der Waals surface area contributed by atoms with Crippen LogP contribution in [0.1, 0.15) is 33.3 Å². The molecule has 1 heterocycles. The predicted molar refractivity (Wildman–Crippen MR) is 110 cm³/mol. The van der Waals surface area contributed by atoms with Crippen molar-refractivity contribution in [1.29, 1.82) is 0 Å². The molecular formula is C21H31N3O4. The van der Waals surface area contributed by atoms with Gasteiger partial charge < -0.3 is 24.7 Å². The van der Waals surface area contributed by atoms with Gasteiger partial charge in [0.15, 0.2) is 0 Å². The topological polar surface area (TPSA) is 83.7 Å². The Bertz CT molecular complexity index is 824. The molecule has 0 fully saturated rings. The summed E-state index contributed by atoms with van der Waals surface area (Å²) in [6.07, 6.45) is 2.21. The van der Waals surface area contributed by atoms with Gasteiger partial charge in [-0.3, -0.25) is 4.79 Å². The van der Waals surface area contributed by atoms with E-state index in [-0.39, 0.29) is 18.4 Å². The lowest BCUT2D eigenvalue weighted by Crippen LogP contribution is -2.43. The fourth-order valence-corrected chi connectivity index (χ4v) is 2.69. The first-order chi connectivity index (χ1) is 13.1. The summed E-state index contributed by atoms with van der Waals surface area (Å²) in [5.74, 6) is -0.0252. The van der Waals surface area contributed by atoms with Crippen LogP contribution in [-0.2, 0) is 16.0 Å². The van der Waals surface area contributed by atoms with Gasteiger partial charge in [-0.25, -0.2) is 4.79 Å². The Hall–Kier alpha value is -2.54. The summed E-state index contributed by atoms with van der Waals surface area (Å²) in [4.78, 5) is 29.4. The van der Waals surface area contributed by atoms with E-state index in [1.807, 2.05) is 32.4 Å². The molecule has 0 unspecified atom stereocenters. The standard InChI is InChI=1S/C21H31N3O4/c1-14(2)19(25)28-21(3,4)13-23-20(26)27-17-9-7-8-16-18(17)15(12-22-16)10-11-24(5)6/h7-9,12,14,22H,10-11,13H2,1-6H3,(H,23,26).